The molecule has 0 fully saturated rings. The normalized spacial score (nSPS) is 10.9. The number of aromatic nitrogens is 3. The summed E-state index contributed by atoms with van der Waals surface area (Å²) in [6.07, 6.45) is 1.79. The fourth-order valence-electron chi connectivity index (χ4n) is 1.27. The zero-order chi connectivity index (χ0) is 13.4. The average Bonchev–Trinajstić information content (AvgIpc) is 2.79. The van der Waals surface area contributed by atoms with Gasteiger partial charge in [-0.15, -0.1) is 5.10 Å². The van der Waals surface area contributed by atoms with Gasteiger partial charge in [0, 0.05) is 6.61 Å². The van der Waals surface area contributed by atoms with E-state index in [0.717, 1.165) is 6.61 Å². The van der Waals surface area contributed by atoms with Gasteiger partial charge in [0.2, 0.25) is 5.91 Å². The van der Waals surface area contributed by atoms with Crippen LogP contribution in [0, 0.1) is 5.92 Å². The van der Waals surface area contributed by atoms with Crippen molar-refractivity contribution < 1.29 is 9.53 Å². The first kappa shape index (κ1) is 14.6. The van der Waals surface area contributed by atoms with Crippen molar-refractivity contribution in [2.75, 3.05) is 19.8 Å². The number of ether oxygens (including phenoxy) is 1. The maximum absolute atomic E-state index is 11.0. The molecule has 1 amide bonds. The molecular weight excluding hydrogens is 234 g/mol. The van der Waals surface area contributed by atoms with Gasteiger partial charge in [-0.2, -0.15) is 0 Å². The Balaban J connectivity index is 2.23. The van der Waals surface area contributed by atoms with E-state index in [1.807, 2.05) is 0 Å². The van der Waals surface area contributed by atoms with Gasteiger partial charge in [-0.1, -0.05) is 19.1 Å². The maximum Gasteiger partial charge on any atom is 0.234 e. The molecule has 3 N–H and O–H groups in total. The number of carbonyl (C=O) groups excluding carboxylic acids is 1. The van der Waals surface area contributed by atoms with E-state index in [1.54, 1.807) is 10.9 Å². The van der Waals surface area contributed by atoms with Gasteiger partial charge in [0.05, 0.1) is 32.4 Å². The minimum atomic E-state index is -0.204. The van der Waals surface area contributed by atoms with Crippen LogP contribution in [0.3, 0.4) is 0 Å². The number of hydrogen-bond acceptors (Lipinski definition) is 5. The van der Waals surface area contributed by atoms with Crippen molar-refractivity contribution in [3.8, 4) is 0 Å². The highest BCUT2D eigenvalue weighted by molar-refractivity contribution is 5.77. The van der Waals surface area contributed by atoms with Crippen molar-refractivity contribution in [3.63, 3.8) is 0 Å². The lowest BCUT2D eigenvalue weighted by Gasteiger charge is -2.05. The van der Waals surface area contributed by atoms with Crippen molar-refractivity contribution in [2.45, 2.75) is 26.9 Å². The molecule has 0 saturated carbocycles. The second kappa shape index (κ2) is 7.78. The molecule has 0 saturated heterocycles. The summed E-state index contributed by atoms with van der Waals surface area (Å²) < 4.78 is 7.15. The molecule has 1 aromatic heterocycles. The van der Waals surface area contributed by atoms with E-state index >= 15 is 0 Å². The van der Waals surface area contributed by atoms with Gasteiger partial charge < -0.3 is 15.8 Å². The van der Waals surface area contributed by atoms with Crippen LogP contribution in [0.25, 0.3) is 0 Å². The number of rotatable bonds is 8. The minimum absolute atomic E-state index is 0.0167. The Labute approximate surface area is 107 Å². The number of nitrogens with zero attached hydrogens (tertiary/aromatic N) is 3. The number of nitrogens with two attached hydrogens (primary N) is 1. The Morgan fingerprint density at radius 3 is 3.06 bits per heavy atom. The van der Waals surface area contributed by atoms with Crippen LogP contribution in [-0.4, -0.2) is 40.7 Å². The summed E-state index contributed by atoms with van der Waals surface area (Å²) in [4.78, 5) is 11.0. The molecule has 0 aliphatic rings. The Hall–Kier alpha value is -1.47. The molecule has 1 rings (SSSR count). The summed E-state index contributed by atoms with van der Waals surface area (Å²) in [5.74, 6) is 0.326. The van der Waals surface area contributed by atoms with Crippen LogP contribution in [-0.2, 0) is 22.6 Å². The smallest absolute Gasteiger partial charge is 0.234 e. The average molecular weight is 255 g/mol. The molecule has 1 aromatic rings. The monoisotopic (exact) mass is 255 g/mol. The molecule has 0 atom stereocenters. The van der Waals surface area contributed by atoms with Crippen molar-refractivity contribution >= 4 is 5.91 Å². The van der Waals surface area contributed by atoms with Crippen LogP contribution in [0.1, 0.15) is 19.5 Å². The minimum Gasteiger partial charge on any atom is -0.379 e. The van der Waals surface area contributed by atoms with Gasteiger partial charge in [0.1, 0.15) is 5.69 Å². The first-order valence-electron chi connectivity index (χ1n) is 6.05. The molecule has 7 heteroatoms. The van der Waals surface area contributed by atoms with E-state index < -0.39 is 0 Å². The van der Waals surface area contributed by atoms with E-state index in [-0.39, 0.29) is 12.5 Å². The van der Waals surface area contributed by atoms with E-state index in [2.05, 4.69) is 29.5 Å². The molecule has 0 aliphatic carbocycles. The lowest BCUT2D eigenvalue weighted by atomic mass is 10.2. The van der Waals surface area contributed by atoms with Gasteiger partial charge in [0.25, 0.3) is 0 Å². The Kier molecular flexibility index (Phi) is 6.31. The Morgan fingerprint density at radius 2 is 2.39 bits per heavy atom. The van der Waals surface area contributed by atoms with Crippen LogP contribution in [0.4, 0.5) is 0 Å². The van der Waals surface area contributed by atoms with Gasteiger partial charge in [-0.05, 0) is 5.92 Å². The molecule has 0 unspecified atom stereocenters. The quantitative estimate of drug-likeness (QED) is 0.612. The van der Waals surface area contributed by atoms with Crippen molar-refractivity contribution in [2.24, 2.45) is 11.7 Å². The van der Waals surface area contributed by atoms with Crippen LogP contribution >= 0.6 is 0 Å². The molecule has 7 nitrogen and oxygen atoms in total. The summed E-state index contributed by atoms with van der Waals surface area (Å²) in [6, 6.07) is 0. The molecule has 0 spiro atoms. The standard InChI is InChI=1S/C11H21N5O2/c1-9(2)8-18-4-3-16-7-10(14-15-16)6-13-11(17)5-12/h7,9H,3-6,8,12H2,1-2H3,(H,13,17). The molecule has 18 heavy (non-hydrogen) atoms. The molecular formula is C11H21N5O2. The summed E-state index contributed by atoms with van der Waals surface area (Å²) >= 11 is 0. The number of hydrogen-bond donors (Lipinski definition) is 2. The SMILES string of the molecule is CC(C)COCCn1cc(CNC(=O)CN)nn1. The first-order chi connectivity index (χ1) is 8.61. The fourth-order valence-corrected chi connectivity index (χ4v) is 1.27. The van der Waals surface area contributed by atoms with E-state index in [9.17, 15) is 4.79 Å². The predicted molar refractivity (Wildman–Crippen MR) is 66.6 cm³/mol. The van der Waals surface area contributed by atoms with Gasteiger partial charge in [-0.3, -0.25) is 4.79 Å². The van der Waals surface area contributed by atoms with E-state index in [1.165, 1.54) is 0 Å². The van der Waals surface area contributed by atoms with Gasteiger partial charge in [0.15, 0.2) is 0 Å². The molecule has 102 valence electrons. The third-order valence-electron chi connectivity index (χ3n) is 2.15. The topological polar surface area (TPSA) is 95.1 Å². The summed E-state index contributed by atoms with van der Waals surface area (Å²) in [7, 11) is 0. The maximum atomic E-state index is 11.0. The van der Waals surface area contributed by atoms with E-state index in [0.29, 0.717) is 31.3 Å². The Bertz CT molecular complexity index is 364. The number of carbonyl (C=O) groups is 1. The van der Waals surface area contributed by atoms with Crippen LogP contribution in [0.2, 0.25) is 0 Å². The molecule has 0 bridgehead atoms. The molecule has 1 heterocycles. The second-order valence-electron chi connectivity index (χ2n) is 4.42. The lowest BCUT2D eigenvalue weighted by molar-refractivity contribution is -0.119. The van der Waals surface area contributed by atoms with Gasteiger partial charge in [-0.25, -0.2) is 4.68 Å². The summed E-state index contributed by atoms with van der Waals surface area (Å²) in [6.45, 7) is 6.55. The molecule has 0 radical (unpaired) electrons. The van der Waals surface area contributed by atoms with Crippen molar-refractivity contribution in [1.82, 2.24) is 20.3 Å². The highest BCUT2D eigenvalue weighted by Gasteiger charge is 2.03. The molecule has 0 aromatic carbocycles. The highest BCUT2D eigenvalue weighted by atomic mass is 16.5. The Morgan fingerprint density at radius 1 is 1.61 bits per heavy atom. The van der Waals surface area contributed by atoms with Gasteiger partial charge >= 0.3 is 0 Å². The van der Waals surface area contributed by atoms with Crippen molar-refractivity contribution in [3.05, 3.63) is 11.9 Å². The third kappa shape index (κ3) is 5.74. The highest BCUT2D eigenvalue weighted by Crippen LogP contribution is 1.95. The summed E-state index contributed by atoms with van der Waals surface area (Å²) in [5.41, 5.74) is 5.89. The van der Waals surface area contributed by atoms with Crippen LogP contribution in [0.15, 0.2) is 6.20 Å². The number of nitrogens with one attached hydrogen (secondary N) is 1. The number of amides is 1. The van der Waals surface area contributed by atoms with Crippen LogP contribution < -0.4 is 11.1 Å². The van der Waals surface area contributed by atoms with Crippen molar-refractivity contribution in [1.29, 1.82) is 0 Å². The fraction of sp³-hybridized carbons (Fsp3) is 0.727. The zero-order valence-electron chi connectivity index (χ0n) is 10.9. The molecule has 0 aliphatic heterocycles. The van der Waals surface area contributed by atoms with Crippen LogP contribution in [0.5, 0.6) is 0 Å². The van der Waals surface area contributed by atoms with E-state index in [4.69, 9.17) is 10.5 Å². The lowest BCUT2D eigenvalue weighted by Crippen LogP contribution is -2.29. The third-order valence-corrected chi connectivity index (χ3v) is 2.15. The largest absolute Gasteiger partial charge is 0.379 e. The first-order valence-corrected chi connectivity index (χ1v) is 6.05. The second-order valence-corrected chi connectivity index (χ2v) is 4.42. The summed E-state index contributed by atoms with van der Waals surface area (Å²) in [5, 5.41) is 10.5. The zero-order valence-corrected chi connectivity index (χ0v) is 10.9. The predicted octanol–water partition coefficient (Wildman–Crippen LogP) is -0.474.